The molecule has 0 bridgehead atoms. The van der Waals surface area contributed by atoms with Gasteiger partial charge in [0.1, 0.15) is 0 Å². The molecule has 0 radical (unpaired) electrons. The third kappa shape index (κ3) is 4.31. The van der Waals surface area contributed by atoms with Crippen molar-refractivity contribution in [2.24, 2.45) is 0 Å². The maximum Gasteiger partial charge on any atom is 0.238 e. The normalized spacial score (nSPS) is 12.9. The van der Waals surface area contributed by atoms with Crippen molar-refractivity contribution in [2.75, 3.05) is 6.26 Å². The van der Waals surface area contributed by atoms with E-state index in [4.69, 9.17) is 15.0 Å². The molecule has 40 heavy (non-hydrogen) atoms. The Balaban J connectivity index is 1.52. The van der Waals surface area contributed by atoms with Gasteiger partial charge in [0.2, 0.25) is 5.95 Å². The molecular weight excluding hydrogens is 508 g/mol. The molecule has 0 aliphatic heterocycles. The molecule has 0 atom stereocenters. The molecule has 4 nitrogen and oxygen atoms in total. The number of fused-ring (bicyclic) bond motifs is 3. The van der Waals surface area contributed by atoms with Gasteiger partial charge in [-0.25, -0.2) is 4.98 Å². The second kappa shape index (κ2) is 10.4. The maximum absolute atomic E-state index is 5.11. The summed E-state index contributed by atoms with van der Waals surface area (Å²) in [5.74, 6) is 2.08. The molecule has 0 saturated heterocycles. The van der Waals surface area contributed by atoms with Gasteiger partial charge in [-0.3, -0.25) is 4.57 Å². The van der Waals surface area contributed by atoms with Crippen molar-refractivity contribution in [3.05, 3.63) is 114 Å². The molecule has 0 amide bonds. The number of aromatic nitrogens is 4. The topological polar surface area (TPSA) is 43.6 Å². The summed E-state index contributed by atoms with van der Waals surface area (Å²) in [5, 5.41) is 1.31. The molecule has 5 heteroatoms. The van der Waals surface area contributed by atoms with Gasteiger partial charge in [-0.15, -0.1) is 11.8 Å². The minimum Gasteiger partial charge on any atom is -0.282 e. The van der Waals surface area contributed by atoms with Crippen molar-refractivity contribution >= 4 is 22.7 Å². The fourth-order valence-corrected chi connectivity index (χ4v) is 6.57. The van der Waals surface area contributed by atoms with Crippen molar-refractivity contribution in [1.29, 1.82) is 0 Å². The van der Waals surface area contributed by atoms with Gasteiger partial charge in [0, 0.05) is 27.1 Å². The molecule has 196 valence electrons. The third-order valence-corrected chi connectivity index (χ3v) is 8.69. The van der Waals surface area contributed by atoms with Crippen molar-refractivity contribution in [3.63, 3.8) is 0 Å². The van der Waals surface area contributed by atoms with E-state index >= 15 is 0 Å². The predicted octanol–water partition coefficient (Wildman–Crippen LogP) is 8.73. The minimum atomic E-state index is 0.691. The molecule has 6 aromatic rings. The fourth-order valence-electron chi connectivity index (χ4n) is 5.95. The number of aryl methyl sites for hydroxylation is 2. The highest BCUT2D eigenvalue weighted by Gasteiger charge is 2.25. The Morgan fingerprint density at radius 1 is 0.675 bits per heavy atom. The molecule has 4 aromatic carbocycles. The highest BCUT2D eigenvalue weighted by Crippen LogP contribution is 2.41. The number of hydrogen-bond donors (Lipinski definition) is 0. The van der Waals surface area contributed by atoms with Crippen LogP contribution in [-0.4, -0.2) is 25.8 Å². The Morgan fingerprint density at radius 3 is 1.95 bits per heavy atom. The smallest absolute Gasteiger partial charge is 0.238 e. The molecule has 0 unspecified atom stereocenters. The molecule has 0 spiro atoms. The second-order valence-corrected chi connectivity index (χ2v) is 11.2. The quantitative estimate of drug-likeness (QED) is 0.206. The Labute approximate surface area is 239 Å². The number of benzene rings is 4. The monoisotopic (exact) mass is 538 g/mol. The van der Waals surface area contributed by atoms with Crippen LogP contribution in [0.15, 0.2) is 102 Å². The average Bonchev–Trinajstić information content (AvgIpc) is 3.34. The first-order valence-electron chi connectivity index (χ1n) is 13.9. The molecule has 2 aromatic heterocycles. The van der Waals surface area contributed by atoms with Gasteiger partial charge >= 0.3 is 0 Å². The number of hydrogen-bond acceptors (Lipinski definition) is 4. The van der Waals surface area contributed by atoms with E-state index in [0.29, 0.717) is 17.6 Å². The van der Waals surface area contributed by atoms with E-state index in [0.717, 1.165) is 24.0 Å². The van der Waals surface area contributed by atoms with E-state index in [1.807, 2.05) is 36.4 Å². The largest absolute Gasteiger partial charge is 0.282 e. The first-order valence-corrected chi connectivity index (χ1v) is 15.1. The van der Waals surface area contributed by atoms with Crippen molar-refractivity contribution in [1.82, 2.24) is 19.5 Å². The summed E-state index contributed by atoms with van der Waals surface area (Å²) in [5.41, 5.74) is 9.81. The first-order chi connectivity index (χ1) is 19.7. The minimum absolute atomic E-state index is 0.691. The lowest BCUT2D eigenvalue weighted by molar-refractivity contribution is 0.661. The second-order valence-electron chi connectivity index (χ2n) is 10.4. The molecule has 0 saturated carbocycles. The molecule has 2 heterocycles. The van der Waals surface area contributed by atoms with Gasteiger partial charge < -0.3 is 0 Å². The average molecular weight is 539 g/mol. The summed E-state index contributed by atoms with van der Waals surface area (Å²) in [6.45, 7) is 2.20. The first kappa shape index (κ1) is 24.8. The number of thioether (sulfide) groups is 1. The molecular formula is C35H30N4S. The summed E-state index contributed by atoms with van der Waals surface area (Å²) < 4.78 is 2.33. The van der Waals surface area contributed by atoms with Crippen molar-refractivity contribution < 1.29 is 0 Å². The predicted molar refractivity (Wildman–Crippen MR) is 166 cm³/mol. The van der Waals surface area contributed by atoms with E-state index in [1.165, 1.54) is 56.6 Å². The summed E-state index contributed by atoms with van der Waals surface area (Å²) in [7, 11) is 0. The SMILES string of the molecule is CSc1cc2c(cc1-c1ccccc1C)c1c(n2-c2nc(-c3ccccc3)nc(-c3ccccc3)n2)CCCC1. The van der Waals surface area contributed by atoms with E-state index in [-0.39, 0.29) is 0 Å². The van der Waals surface area contributed by atoms with Crippen molar-refractivity contribution in [2.45, 2.75) is 37.5 Å². The van der Waals surface area contributed by atoms with Crippen LogP contribution < -0.4 is 0 Å². The molecule has 1 aliphatic rings. The number of rotatable bonds is 5. The Hall–Kier alpha value is -4.22. The molecule has 0 N–H and O–H groups in total. The summed E-state index contributed by atoms with van der Waals surface area (Å²) in [6.07, 6.45) is 6.64. The van der Waals surface area contributed by atoms with Crippen molar-refractivity contribution in [3.8, 4) is 39.9 Å². The zero-order valence-electron chi connectivity index (χ0n) is 22.8. The van der Waals surface area contributed by atoms with E-state index in [9.17, 15) is 0 Å². The van der Waals surface area contributed by atoms with Crippen LogP contribution in [0.5, 0.6) is 0 Å². The zero-order valence-corrected chi connectivity index (χ0v) is 23.6. The van der Waals surface area contributed by atoms with Crippen LogP contribution >= 0.6 is 11.8 Å². The standard InChI is InChI=1S/C35H30N4S/c1-23-13-9-10-18-26(23)29-21-28-27-19-11-12-20-30(27)39(31(28)22-32(29)40-2)35-37-33(24-14-5-3-6-15-24)36-34(38-35)25-16-7-4-8-17-25/h3-10,13-18,21-22H,11-12,19-20H2,1-2H3. The molecule has 0 fully saturated rings. The molecule has 1 aliphatic carbocycles. The fraction of sp³-hybridized carbons (Fsp3) is 0.171. The van der Waals surface area contributed by atoms with Gasteiger partial charge in [0.15, 0.2) is 11.6 Å². The van der Waals surface area contributed by atoms with Gasteiger partial charge in [0.25, 0.3) is 0 Å². The van der Waals surface area contributed by atoms with Gasteiger partial charge in [-0.1, -0.05) is 84.9 Å². The van der Waals surface area contributed by atoms with Crippen LogP contribution in [0.3, 0.4) is 0 Å². The lowest BCUT2D eigenvalue weighted by Gasteiger charge is -2.16. The van der Waals surface area contributed by atoms with Crippen LogP contribution in [0.4, 0.5) is 0 Å². The Morgan fingerprint density at radius 2 is 1.30 bits per heavy atom. The van der Waals surface area contributed by atoms with Crippen LogP contribution in [0, 0.1) is 6.92 Å². The van der Waals surface area contributed by atoms with Gasteiger partial charge in [-0.05, 0) is 73.2 Å². The van der Waals surface area contributed by atoms with Crippen LogP contribution in [0.1, 0.15) is 29.7 Å². The summed E-state index contributed by atoms with van der Waals surface area (Å²) >= 11 is 1.80. The van der Waals surface area contributed by atoms with Crippen LogP contribution in [0.2, 0.25) is 0 Å². The lowest BCUT2D eigenvalue weighted by Crippen LogP contribution is -2.11. The molecule has 7 rings (SSSR count). The van der Waals surface area contributed by atoms with Gasteiger partial charge in [0.05, 0.1) is 5.52 Å². The Kier molecular flexibility index (Phi) is 6.45. The van der Waals surface area contributed by atoms with Gasteiger partial charge in [-0.2, -0.15) is 9.97 Å². The summed E-state index contributed by atoms with van der Waals surface area (Å²) in [6, 6.07) is 33.9. The summed E-state index contributed by atoms with van der Waals surface area (Å²) in [4.78, 5) is 16.4. The maximum atomic E-state index is 5.11. The van der Waals surface area contributed by atoms with E-state index in [1.54, 1.807) is 11.8 Å². The zero-order chi connectivity index (χ0) is 27.1. The number of nitrogens with zero attached hydrogens (tertiary/aromatic N) is 4. The van der Waals surface area contributed by atoms with Crippen LogP contribution in [0.25, 0.3) is 50.8 Å². The van der Waals surface area contributed by atoms with Crippen LogP contribution in [-0.2, 0) is 12.8 Å². The third-order valence-electron chi connectivity index (χ3n) is 7.92. The lowest BCUT2D eigenvalue weighted by atomic mass is 9.93. The highest BCUT2D eigenvalue weighted by molar-refractivity contribution is 7.98. The van der Waals surface area contributed by atoms with E-state index in [2.05, 4.69) is 78.4 Å². The highest BCUT2D eigenvalue weighted by atomic mass is 32.2. The van der Waals surface area contributed by atoms with E-state index < -0.39 is 0 Å². The Bertz CT molecular complexity index is 1780.